The Kier molecular flexibility index (Phi) is 3.31. The summed E-state index contributed by atoms with van der Waals surface area (Å²) >= 11 is 0. The van der Waals surface area contributed by atoms with Gasteiger partial charge in [0.15, 0.2) is 0 Å². The molecule has 2 nitrogen and oxygen atoms in total. The van der Waals surface area contributed by atoms with Crippen molar-refractivity contribution in [3.63, 3.8) is 0 Å². The molecule has 1 aromatic carbocycles. The SMILES string of the molecule is CCNC(c1ccc2c(c1)COC2)C1C2CCCCC21. The topological polar surface area (TPSA) is 21.3 Å². The maximum Gasteiger partial charge on any atom is 0.0725 e. The van der Waals surface area contributed by atoms with E-state index in [0.29, 0.717) is 6.04 Å². The smallest absolute Gasteiger partial charge is 0.0725 e. The molecule has 1 aliphatic heterocycles. The van der Waals surface area contributed by atoms with Crippen molar-refractivity contribution < 1.29 is 4.74 Å². The Labute approximate surface area is 121 Å². The minimum Gasteiger partial charge on any atom is -0.372 e. The molecule has 2 heteroatoms. The highest BCUT2D eigenvalue weighted by Gasteiger charge is 2.54. The summed E-state index contributed by atoms with van der Waals surface area (Å²) in [5.41, 5.74) is 4.29. The van der Waals surface area contributed by atoms with Crippen LogP contribution >= 0.6 is 0 Å². The van der Waals surface area contributed by atoms with Crippen LogP contribution in [0.15, 0.2) is 18.2 Å². The van der Waals surface area contributed by atoms with Crippen molar-refractivity contribution in [3.05, 3.63) is 34.9 Å². The Morgan fingerprint density at radius 2 is 1.90 bits per heavy atom. The standard InChI is InChI=1S/C18H25NO/c1-2-19-18(17-15-5-3-4-6-16(15)17)12-7-8-13-10-20-11-14(13)9-12/h7-9,15-19H,2-6,10-11H2,1H3. The van der Waals surface area contributed by atoms with E-state index < -0.39 is 0 Å². The monoisotopic (exact) mass is 271 g/mol. The summed E-state index contributed by atoms with van der Waals surface area (Å²) in [6, 6.07) is 7.60. The Bertz CT molecular complexity index is 486. The zero-order valence-corrected chi connectivity index (χ0v) is 12.4. The second kappa shape index (κ2) is 5.16. The zero-order valence-electron chi connectivity index (χ0n) is 12.4. The molecule has 0 aromatic heterocycles. The van der Waals surface area contributed by atoms with E-state index >= 15 is 0 Å². The second-order valence-corrected chi connectivity index (χ2v) is 6.75. The van der Waals surface area contributed by atoms with Gasteiger partial charge in [0.2, 0.25) is 0 Å². The third kappa shape index (κ3) is 2.10. The molecule has 108 valence electrons. The molecule has 0 saturated heterocycles. The number of benzene rings is 1. The molecule has 1 N–H and O–H groups in total. The van der Waals surface area contributed by atoms with Crippen LogP contribution in [-0.4, -0.2) is 6.54 Å². The molecule has 1 aromatic rings. The van der Waals surface area contributed by atoms with Crippen LogP contribution in [0.1, 0.15) is 55.3 Å². The van der Waals surface area contributed by atoms with E-state index in [4.69, 9.17) is 4.74 Å². The minimum absolute atomic E-state index is 0.569. The first-order valence-electron chi connectivity index (χ1n) is 8.31. The van der Waals surface area contributed by atoms with Gasteiger partial charge >= 0.3 is 0 Å². The average molecular weight is 271 g/mol. The van der Waals surface area contributed by atoms with E-state index in [1.165, 1.54) is 42.4 Å². The predicted octanol–water partition coefficient (Wildman–Crippen LogP) is 3.80. The number of ether oxygens (including phenoxy) is 1. The van der Waals surface area contributed by atoms with Crippen LogP contribution in [0.4, 0.5) is 0 Å². The van der Waals surface area contributed by atoms with E-state index in [1.54, 1.807) is 0 Å². The predicted molar refractivity (Wildman–Crippen MR) is 80.3 cm³/mol. The van der Waals surface area contributed by atoms with Crippen LogP contribution in [-0.2, 0) is 18.0 Å². The van der Waals surface area contributed by atoms with Crippen LogP contribution in [0.25, 0.3) is 0 Å². The summed E-state index contributed by atoms with van der Waals surface area (Å²) in [4.78, 5) is 0. The largest absolute Gasteiger partial charge is 0.372 e. The fraction of sp³-hybridized carbons (Fsp3) is 0.667. The van der Waals surface area contributed by atoms with Gasteiger partial charge in [-0.3, -0.25) is 0 Å². The molecular formula is C18H25NO. The van der Waals surface area contributed by atoms with Crippen molar-refractivity contribution in [1.29, 1.82) is 0 Å². The summed E-state index contributed by atoms with van der Waals surface area (Å²) in [6.45, 7) is 4.90. The molecule has 0 amide bonds. The lowest BCUT2D eigenvalue weighted by Gasteiger charge is -2.20. The van der Waals surface area contributed by atoms with Crippen molar-refractivity contribution in [1.82, 2.24) is 5.32 Å². The molecule has 3 unspecified atom stereocenters. The minimum atomic E-state index is 0.569. The number of hydrogen-bond donors (Lipinski definition) is 1. The maximum atomic E-state index is 5.56. The number of nitrogens with one attached hydrogen (secondary N) is 1. The van der Waals surface area contributed by atoms with Gasteiger partial charge in [0, 0.05) is 6.04 Å². The van der Waals surface area contributed by atoms with Gasteiger partial charge in [-0.1, -0.05) is 38.0 Å². The Morgan fingerprint density at radius 3 is 2.65 bits per heavy atom. The summed E-state index contributed by atoms with van der Waals surface area (Å²) in [5, 5.41) is 3.77. The molecule has 20 heavy (non-hydrogen) atoms. The fourth-order valence-corrected chi connectivity index (χ4v) is 4.62. The molecule has 2 fully saturated rings. The van der Waals surface area contributed by atoms with Gasteiger partial charge in [-0.05, 0) is 53.8 Å². The number of hydrogen-bond acceptors (Lipinski definition) is 2. The lowest BCUT2D eigenvalue weighted by molar-refractivity contribution is 0.134. The van der Waals surface area contributed by atoms with Gasteiger partial charge in [-0.25, -0.2) is 0 Å². The highest BCUT2D eigenvalue weighted by Crippen LogP contribution is 2.60. The fourth-order valence-electron chi connectivity index (χ4n) is 4.62. The third-order valence-electron chi connectivity index (χ3n) is 5.64. The maximum absolute atomic E-state index is 5.56. The van der Waals surface area contributed by atoms with E-state index in [0.717, 1.165) is 37.5 Å². The Morgan fingerprint density at radius 1 is 1.15 bits per heavy atom. The molecule has 4 rings (SSSR count). The van der Waals surface area contributed by atoms with Gasteiger partial charge in [0.1, 0.15) is 0 Å². The first-order chi connectivity index (χ1) is 9.88. The van der Waals surface area contributed by atoms with Gasteiger partial charge < -0.3 is 10.1 Å². The van der Waals surface area contributed by atoms with E-state index in [9.17, 15) is 0 Å². The first-order valence-corrected chi connectivity index (χ1v) is 8.31. The highest BCUT2D eigenvalue weighted by atomic mass is 16.5. The van der Waals surface area contributed by atoms with Crippen LogP contribution in [0, 0.1) is 17.8 Å². The Balaban J connectivity index is 1.59. The molecule has 0 bridgehead atoms. The first kappa shape index (κ1) is 12.8. The molecule has 0 radical (unpaired) electrons. The summed E-state index contributed by atoms with van der Waals surface area (Å²) in [5.74, 6) is 2.88. The molecule has 3 atom stereocenters. The zero-order chi connectivity index (χ0) is 13.5. The second-order valence-electron chi connectivity index (χ2n) is 6.75. The molecule has 0 spiro atoms. The summed E-state index contributed by atoms with van der Waals surface area (Å²) in [7, 11) is 0. The Hall–Kier alpha value is -0.860. The molecule has 2 saturated carbocycles. The normalized spacial score (nSPS) is 32.5. The number of fused-ring (bicyclic) bond motifs is 2. The van der Waals surface area contributed by atoms with Crippen molar-refractivity contribution in [2.45, 2.75) is 51.9 Å². The lowest BCUT2D eigenvalue weighted by atomic mass is 9.96. The summed E-state index contributed by atoms with van der Waals surface area (Å²) in [6.07, 6.45) is 5.83. The molecule has 2 aliphatic carbocycles. The van der Waals surface area contributed by atoms with Crippen molar-refractivity contribution in [2.75, 3.05) is 6.54 Å². The number of rotatable bonds is 4. The van der Waals surface area contributed by atoms with Gasteiger partial charge in [0.05, 0.1) is 13.2 Å². The van der Waals surface area contributed by atoms with Crippen LogP contribution < -0.4 is 5.32 Å². The highest BCUT2D eigenvalue weighted by molar-refractivity contribution is 5.35. The van der Waals surface area contributed by atoms with Crippen LogP contribution in [0.5, 0.6) is 0 Å². The van der Waals surface area contributed by atoms with Crippen molar-refractivity contribution in [2.24, 2.45) is 17.8 Å². The van der Waals surface area contributed by atoms with Gasteiger partial charge in [-0.2, -0.15) is 0 Å². The van der Waals surface area contributed by atoms with Gasteiger partial charge in [-0.15, -0.1) is 0 Å². The van der Waals surface area contributed by atoms with E-state index in [2.05, 4.69) is 30.4 Å². The van der Waals surface area contributed by atoms with Crippen LogP contribution in [0.2, 0.25) is 0 Å². The van der Waals surface area contributed by atoms with E-state index in [1.807, 2.05) is 0 Å². The molecular weight excluding hydrogens is 246 g/mol. The quantitative estimate of drug-likeness (QED) is 0.899. The summed E-state index contributed by atoms with van der Waals surface area (Å²) < 4.78 is 5.56. The molecule has 3 aliphatic rings. The third-order valence-corrected chi connectivity index (χ3v) is 5.64. The lowest BCUT2D eigenvalue weighted by Crippen LogP contribution is -2.24. The van der Waals surface area contributed by atoms with E-state index in [-0.39, 0.29) is 0 Å². The van der Waals surface area contributed by atoms with Crippen molar-refractivity contribution in [3.8, 4) is 0 Å². The van der Waals surface area contributed by atoms with Gasteiger partial charge in [0.25, 0.3) is 0 Å². The molecule has 1 heterocycles. The van der Waals surface area contributed by atoms with Crippen molar-refractivity contribution >= 4 is 0 Å². The van der Waals surface area contributed by atoms with Crippen LogP contribution in [0.3, 0.4) is 0 Å². The average Bonchev–Trinajstić information content (AvgIpc) is 3.00.